The van der Waals surface area contributed by atoms with E-state index in [2.05, 4.69) is 27.9 Å². The highest BCUT2D eigenvalue weighted by Gasteiger charge is 2.12. The first kappa shape index (κ1) is 32.3. The number of benzene rings is 3. The van der Waals surface area contributed by atoms with Crippen LogP contribution in [0.2, 0.25) is 0 Å². The summed E-state index contributed by atoms with van der Waals surface area (Å²) in [7, 11) is 0. The number of nitrogens with zero attached hydrogens (tertiary/aromatic N) is 1. The number of aliphatic hydroxyl groups is 1. The molecule has 4 rings (SSSR count). The number of nitrogen functional groups attached to an aromatic ring is 1. The summed E-state index contributed by atoms with van der Waals surface area (Å²) in [6, 6.07) is 28.6. The minimum absolute atomic E-state index is 0.0779. The van der Waals surface area contributed by atoms with Gasteiger partial charge in [0.15, 0.2) is 0 Å². The summed E-state index contributed by atoms with van der Waals surface area (Å²) in [5, 5.41) is 19.6. The number of ether oxygens (including phenoxy) is 1. The van der Waals surface area contributed by atoms with Crippen LogP contribution in [0.3, 0.4) is 0 Å². The van der Waals surface area contributed by atoms with Gasteiger partial charge in [-0.15, -0.1) is 0 Å². The van der Waals surface area contributed by atoms with E-state index in [9.17, 15) is 14.7 Å². The average molecular weight is 596 g/mol. The molecule has 2 amide bonds. The molecule has 9 nitrogen and oxygen atoms in total. The van der Waals surface area contributed by atoms with Crippen LogP contribution in [-0.2, 0) is 35.5 Å². The van der Waals surface area contributed by atoms with Gasteiger partial charge in [0.1, 0.15) is 5.82 Å². The van der Waals surface area contributed by atoms with Crippen molar-refractivity contribution >= 4 is 17.6 Å². The normalized spacial score (nSPS) is 12.3. The van der Waals surface area contributed by atoms with Crippen molar-refractivity contribution in [3.05, 3.63) is 131 Å². The lowest BCUT2D eigenvalue weighted by Crippen LogP contribution is -2.32. The zero-order valence-electron chi connectivity index (χ0n) is 25.0. The van der Waals surface area contributed by atoms with Crippen LogP contribution >= 0.6 is 0 Å². The third kappa shape index (κ3) is 10.9. The van der Waals surface area contributed by atoms with E-state index in [-0.39, 0.29) is 24.3 Å². The highest BCUT2D eigenvalue weighted by molar-refractivity contribution is 5.94. The van der Waals surface area contributed by atoms with Gasteiger partial charge in [-0.2, -0.15) is 0 Å². The van der Waals surface area contributed by atoms with E-state index in [0.717, 1.165) is 28.7 Å². The van der Waals surface area contributed by atoms with E-state index in [4.69, 9.17) is 10.5 Å². The molecule has 2 unspecified atom stereocenters. The van der Waals surface area contributed by atoms with Crippen molar-refractivity contribution in [2.45, 2.75) is 45.1 Å². The van der Waals surface area contributed by atoms with Crippen LogP contribution in [0, 0.1) is 0 Å². The lowest BCUT2D eigenvalue weighted by atomic mass is 10.0. The Morgan fingerprint density at radius 3 is 2.39 bits per heavy atom. The molecule has 0 radical (unpaired) electrons. The summed E-state index contributed by atoms with van der Waals surface area (Å²) in [6.45, 7) is 4.19. The maximum absolute atomic E-state index is 12.6. The highest BCUT2D eigenvalue weighted by Crippen LogP contribution is 2.13. The molecule has 0 spiro atoms. The molecule has 230 valence electrons. The number of nitrogens with one attached hydrogen (secondary N) is 3. The van der Waals surface area contributed by atoms with Crippen LogP contribution < -0.4 is 21.7 Å². The molecule has 9 heteroatoms. The Bertz CT molecular complexity index is 1460. The van der Waals surface area contributed by atoms with Crippen LogP contribution in [0.25, 0.3) is 0 Å². The quantitative estimate of drug-likeness (QED) is 0.125. The third-order valence-electron chi connectivity index (χ3n) is 7.10. The van der Waals surface area contributed by atoms with Gasteiger partial charge in [0.2, 0.25) is 5.91 Å². The fourth-order valence-electron chi connectivity index (χ4n) is 4.66. The lowest BCUT2D eigenvalue weighted by molar-refractivity contribution is -0.120. The van der Waals surface area contributed by atoms with Gasteiger partial charge in [-0.3, -0.25) is 9.59 Å². The number of rotatable bonds is 16. The summed E-state index contributed by atoms with van der Waals surface area (Å²) in [5.41, 5.74) is 10.9. The smallest absolute Gasteiger partial charge is 0.251 e. The van der Waals surface area contributed by atoms with Gasteiger partial charge in [0.05, 0.1) is 25.7 Å². The zero-order chi connectivity index (χ0) is 31.1. The second kappa shape index (κ2) is 16.9. The van der Waals surface area contributed by atoms with Crippen molar-refractivity contribution in [1.82, 2.24) is 20.9 Å². The highest BCUT2D eigenvalue weighted by atomic mass is 16.5. The molecule has 0 bridgehead atoms. The topological polar surface area (TPSA) is 139 Å². The first-order valence-corrected chi connectivity index (χ1v) is 14.8. The van der Waals surface area contributed by atoms with E-state index in [1.807, 2.05) is 66.7 Å². The molecule has 0 saturated heterocycles. The number of carbonyl (C=O) groups excluding carboxylic acids is 2. The maximum atomic E-state index is 12.6. The molecule has 1 aromatic heterocycles. The van der Waals surface area contributed by atoms with Gasteiger partial charge in [0, 0.05) is 43.0 Å². The van der Waals surface area contributed by atoms with Crippen molar-refractivity contribution in [3.63, 3.8) is 0 Å². The molecule has 6 N–H and O–H groups in total. The molecule has 3 aromatic carbocycles. The number of aliphatic hydroxyl groups excluding tert-OH is 1. The molecule has 2 atom stereocenters. The Morgan fingerprint density at radius 1 is 0.886 bits per heavy atom. The number of amides is 2. The van der Waals surface area contributed by atoms with Crippen LogP contribution in [0.5, 0.6) is 0 Å². The van der Waals surface area contributed by atoms with Crippen molar-refractivity contribution in [2.75, 3.05) is 25.4 Å². The monoisotopic (exact) mass is 595 g/mol. The fraction of sp³-hybridized carbons (Fsp3) is 0.286. The predicted octanol–water partition coefficient (Wildman–Crippen LogP) is 3.72. The second-order valence-corrected chi connectivity index (χ2v) is 10.8. The summed E-state index contributed by atoms with van der Waals surface area (Å²) >= 11 is 0. The largest absolute Gasteiger partial charge is 0.387 e. The van der Waals surface area contributed by atoms with E-state index in [1.165, 1.54) is 0 Å². The van der Waals surface area contributed by atoms with E-state index < -0.39 is 6.10 Å². The molecular weight excluding hydrogens is 554 g/mol. The van der Waals surface area contributed by atoms with Crippen molar-refractivity contribution < 1.29 is 19.4 Å². The minimum Gasteiger partial charge on any atom is -0.387 e. The summed E-state index contributed by atoms with van der Waals surface area (Å²) in [6.07, 6.45) is 1.93. The van der Waals surface area contributed by atoms with Crippen molar-refractivity contribution in [1.29, 1.82) is 0 Å². The predicted molar refractivity (Wildman–Crippen MR) is 172 cm³/mol. The molecule has 0 aliphatic rings. The van der Waals surface area contributed by atoms with Crippen LogP contribution in [0.15, 0.2) is 97.2 Å². The number of aromatic nitrogens is 1. The summed E-state index contributed by atoms with van der Waals surface area (Å²) < 4.78 is 5.61. The molecule has 0 saturated carbocycles. The Labute approximate surface area is 258 Å². The minimum atomic E-state index is -0.676. The van der Waals surface area contributed by atoms with Crippen molar-refractivity contribution in [2.24, 2.45) is 0 Å². The molecule has 4 aromatic rings. The first-order chi connectivity index (χ1) is 21.4. The van der Waals surface area contributed by atoms with E-state index >= 15 is 0 Å². The standard InChI is InChI=1S/C35H41N5O4/c1-25(38-23-32(41)31-14-15-33(36)39-22-31)18-28-8-5-9-29(19-28)20-34(42)40-21-26-10-12-30(13-11-26)35(43)37-16-17-44-24-27-6-3-2-4-7-27/h2-15,19,22,25,32,38,41H,16-18,20-21,23-24H2,1H3,(H2,36,39)(H,37,43)(H,40,42). The Kier molecular flexibility index (Phi) is 12.4. The lowest BCUT2D eigenvalue weighted by Gasteiger charge is -2.18. The van der Waals surface area contributed by atoms with Gasteiger partial charge in [-0.25, -0.2) is 4.98 Å². The van der Waals surface area contributed by atoms with Crippen LogP contribution in [0.1, 0.15) is 51.2 Å². The zero-order valence-corrected chi connectivity index (χ0v) is 25.0. The van der Waals surface area contributed by atoms with Crippen LogP contribution in [0.4, 0.5) is 5.82 Å². The Hall–Kier alpha value is -4.57. The average Bonchev–Trinajstić information content (AvgIpc) is 3.03. The number of nitrogens with two attached hydrogens (primary N) is 1. The molecule has 0 fully saturated rings. The van der Waals surface area contributed by atoms with Gasteiger partial charge in [-0.05, 0) is 53.8 Å². The molecular formula is C35H41N5O4. The van der Waals surface area contributed by atoms with E-state index in [0.29, 0.717) is 49.8 Å². The third-order valence-corrected chi connectivity index (χ3v) is 7.10. The number of carbonyl (C=O) groups is 2. The molecule has 1 heterocycles. The number of pyridine rings is 1. The van der Waals surface area contributed by atoms with Gasteiger partial charge in [0.25, 0.3) is 5.91 Å². The number of anilines is 1. The van der Waals surface area contributed by atoms with E-state index in [1.54, 1.807) is 30.5 Å². The van der Waals surface area contributed by atoms with Crippen LogP contribution in [-0.4, -0.2) is 47.6 Å². The Balaban J connectivity index is 1.14. The fourth-order valence-corrected chi connectivity index (χ4v) is 4.66. The molecule has 0 aliphatic heterocycles. The Morgan fingerprint density at radius 2 is 1.64 bits per heavy atom. The summed E-state index contributed by atoms with van der Waals surface area (Å²) in [5.74, 6) is 0.179. The molecule has 0 aliphatic carbocycles. The molecule has 44 heavy (non-hydrogen) atoms. The first-order valence-electron chi connectivity index (χ1n) is 14.8. The SMILES string of the molecule is CC(Cc1cccc(CC(=O)NCc2ccc(C(=O)NCCOCc3ccccc3)cc2)c1)NCC(O)c1ccc(N)nc1. The van der Waals surface area contributed by atoms with Gasteiger partial charge < -0.3 is 31.5 Å². The number of hydrogen-bond acceptors (Lipinski definition) is 7. The second-order valence-electron chi connectivity index (χ2n) is 10.8. The maximum Gasteiger partial charge on any atom is 0.251 e. The van der Waals surface area contributed by atoms with Crippen molar-refractivity contribution in [3.8, 4) is 0 Å². The number of hydrogen-bond donors (Lipinski definition) is 5. The van der Waals surface area contributed by atoms with Gasteiger partial charge >= 0.3 is 0 Å². The van der Waals surface area contributed by atoms with Gasteiger partial charge in [-0.1, -0.05) is 72.8 Å². The summed E-state index contributed by atoms with van der Waals surface area (Å²) in [4.78, 5) is 29.1.